The maximum atomic E-state index is 12.5. The fourth-order valence-corrected chi connectivity index (χ4v) is 3.13. The molecular formula is C18H27NO3S. The van der Waals surface area contributed by atoms with Crippen LogP contribution >= 0.6 is 11.8 Å². The van der Waals surface area contributed by atoms with E-state index in [2.05, 4.69) is 19.2 Å². The van der Waals surface area contributed by atoms with Crippen molar-refractivity contribution < 1.29 is 14.7 Å². The first-order valence-electron chi connectivity index (χ1n) is 8.10. The molecule has 0 aliphatic rings. The molecule has 0 spiro atoms. The van der Waals surface area contributed by atoms with Crippen molar-refractivity contribution in [3.8, 4) is 0 Å². The third-order valence-electron chi connectivity index (χ3n) is 3.58. The first-order chi connectivity index (χ1) is 10.8. The second kappa shape index (κ2) is 9.60. The summed E-state index contributed by atoms with van der Waals surface area (Å²) in [5, 5.41) is 11.5. The van der Waals surface area contributed by atoms with Crippen molar-refractivity contribution >= 4 is 23.6 Å². The van der Waals surface area contributed by atoms with E-state index in [0.717, 1.165) is 19.3 Å². The second-order valence-electron chi connectivity index (χ2n) is 6.29. The largest absolute Gasteiger partial charge is 0.480 e. The number of rotatable bonds is 9. The Balaban J connectivity index is 2.67. The van der Waals surface area contributed by atoms with E-state index in [1.807, 2.05) is 13.0 Å². The van der Waals surface area contributed by atoms with Gasteiger partial charge in [-0.2, -0.15) is 0 Å². The molecule has 1 aromatic carbocycles. The van der Waals surface area contributed by atoms with Crippen LogP contribution in [0.25, 0.3) is 0 Å². The van der Waals surface area contributed by atoms with Crippen LogP contribution in [0.4, 0.5) is 0 Å². The number of aliphatic carboxylic acids is 1. The quantitative estimate of drug-likeness (QED) is 0.663. The number of hydrogen-bond donors (Lipinski definition) is 2. The average Bonchev–Trinajstić information content (AvgIpc) is 2.47. The van der Waals surface area contributed by atoms with Gasteiger partial charge in [0.05, 0.1) is 5.56 Å². The third-order valence-corrected chi connectivity index (χ3v) is 4.74. The van der Waals surface area contributed by atoms with E-state index in [1.54, 1.807) is 25.1 Å². The zero-order chi connectivity index (χ0) is 17.4. The number of carboxylic acids is 1. The normalized spacial score (nSPS) is 13.6. The van der Waals surface area contributed by atoms with Gasteiger partial charge in [0.1, 0.15) is 5.25 Å². The van der Waals surface area contributed by atoms with Crippen LogP contribution in [0.5, 0.6) is 0 Å². The van der Waals surface area contributed by atoms with Gasteiger partial charge in [-0.25, -0.2) is 0 Å². The lowest BCUT2D eigenvalue weighted by Gasteiger charge is -2.16. The Morgan fingerprint density at radius 3 is 2.39 bits per heavy atom. The van der Waals surface area contributed by atoms with Crippen LogP contribution in [-0.2, 0) is 4.79 Å². The summed E-state index contributed by atoms with van der Waals surface area (Å²) in [6, 6.07) is 7.26. The van der Waals surface area contributed by atoms with E-state index in [1.165, 1.54) is 11.8 Å². The van der Waals surface area contributed by atoms with Crippen molar-refractivity contribution in [1.82, 2.24) is 5.32 Å². The van der Waals surface area contributed by atoms with Crippen molar-refractivity contribution in [2.45, 2.75) is 63.1 Å². The summed E-state index contributed by atoms with van der Waals surface area (Å²) in [6.45, 7) is 8.02. The number of carbonyl (C=O) groups is 2. The van der Waals surface area contributed by atoms with Crippen molar-refractivity contribution in [3.63, 3.8) is 0 Å². The highest BCUT2D eigenvalue weighted by Gasteiger charge is 2.18. The molecule has 2 N–H and O–H groups in total. The molecule has 2 unspecified atom stereocenters. The van der Waals surface area contributed by atoms with Gasteiger partial charge in [-0.3, -0.25) is 9.59 Å². The molecule has 0 aliphatic heterocycles. The minimum Gasteiger partial charge on any atom is -0.480 e. The Kier molecular flexibility index (Phi) is 8.17. The number of carbonyl (C=O) groups excluding carboxylic acids is 1. The minimum absolute atomic E-state index is 0.108. The van der Waals surface area contributed by atoms with Crippen molar-refractivity contribution in [3.05, 3.63) is 29.8 Å². The highest BCUT2D eigenvalue weighted by molar-refractivity contribution is 8.00. The topological polar surface area (TPSA) is 66.4 Å². The molecule has 0 aliphatic carbocycles. The zero-order valence-corrected chi connectivity index (χ0v) is 15.2. The van der Waals surface area contributed by atoms with Crippen LogP contribution in [0.2, 0.25) is 0 Å². The number of carboxylic acid groups (broad SMARTS) is 1. The lowest BCUT2D eigenvalue weighted by molar-refractivity contribution is -0.136. The van der Waals surface area contributed by atoms with Crippen molar-refractivity contribution in [2.75, 3.05) is 0 Å². The average molecular weight is 337 g/mol. The monoisotopic (exact) mass is 337 g/mol. The molecule has 1 amide bonds. The third kappa shape index (κ3) is 7.08. The summed E-state index contributed by atoms with van der Waals surface area (Å²) in [5.74, 6) is -0.345. The Morgan fingerprint density at radius 1 is 1.13 bits per heavy atom. The number of thioether (sulfide) groups is 1. The van der Waals surface area contributed by atoms with Crippen LogP contribution in [0.1, 0.15) is 57.3 Å². The molecule has 0 aromatic heterocycles. The zero-order valence-electron chi connectivity index (χ0n) is 14.3. The molecule has 0 fully saturated rings. The summed E-state index contributed by atoms with van der Waals surface area (Å²) in [5.41, 5.74) is 0.543. The van der Waals surface area contributed by atoms with Gasteiger partial charge in [-0.05, 0) is 38.3 Å². The minimum atomic E-state index is -0.882. The molecule has 4 nitrogen and oxygen atoms in total. The summed E-state index contributed by atoms with van der Waals surface area (Å²) in [6.07, 6.45) is 3.19. The van der Waals surface area contributed by atoms with Gasteiger partial charge in [0.2, 0.25) is 0 Å². The van der Waals surface area contributed by atoms with Gasteiger partial charge in [0.15, 0.2) is 0 Å². The SMILES string of the molecule is CC(C)CCCC(C)NC(=O)c1ccccc1SC(C)C(=O)O. The van der Waals surface area contributed by atoms with Crippen molar-refractivity contribution in [1.29, 1.82) is 0 Å². The highest BCUT2D eigenvalue weighted by Crippen LogP contribution is 2.27. The standard InChI is InChI=1S/C18H27NO3S/c1-12(2)8-7-9-13(3)19-17(20)15-10-5-6-11-16(15)23-14(4)18(21)22/h5-6,10-14H,7-9H2,1-4H3,(H,19,20)(H,21,22). The molecule has 1 aromatic rings. The van der Waals surface area contributed by atoms with E-state index in [9.17, 15) is 9.59 Å². The van der Waals surface area contributed by atoms with Gasteiger partial charge in [-0.15, -0.1) is 11.8 Å². The molecule has 128 valence electrons. The number of nitrogens with one attached hydrogen (secondary N) is 1. The molecule has 0 saturated heterocycles. The number of hydrogen-bond acceptors (Lipinski definition) is 3. The fourth-order valence-electron chi connectivity index (χ4n) is 2.20. The lowest BCUT2D eigenvalue weighted by Crippen LogP contribution is -2.33. The number of benzene rings is 1. The van der Waals surface area contributed by atoms with Crippen LogP contribution < -0.4 is 5.32 Å². The summed E-state index contributed by atoms with van der Waals surface area (Å²) in [4.78, 5) is 24.2. The molecule has 5 heteroatoms. The molecular weight excluding hydrogens is 310 g/mol. The Morgan fingerprint density at radius 2 is 1.78 bits per heavy atom. The predicted octanol–water partition coefficient (Wildman–Crippen LogP) is 4.20. The smallest absolute Gasteiger partial charge is 0.316 e. The van der Waals surface area contributed by atoms with E-state index in [0.29, 0.717) is 16.4 Å². The first-order valence-corrected chi connectivity index (χ1v) is 8.98. The van der Waals surface area contributed by atoms with Gasteiger partial charge >= 0.3 is 5.97 Å². The summed E-state index contributed by atoms with van der Waals surface area (Å²) >= 11 is 1.20. The highest BCUT2D eigenvalue weighted by atomic mass is 32.2. The Labute approximate surface area is 143 Å². The van der Waals surface area contributed by atoms with Gasteiger partial charge in [0.25, 0.3) is 5.91 Å². The molecule has 0 saturated carbocycles. The maximum Gasteiger partial charge on any atom is 0.316 e. The molecule has 2 atom stereocenters. The summed E-state index contributed by atoms with van der Waals surface area (Å²) in [7, 11) is 0. The van der Waals surface area contributed by atoms with E-state index >= 15 is 0 Å². The predicted molar refractivity (Wildman–Crippen MR) is 95.0 cm³/mol. The Bertz CT molecular complexity index is 531. The maximum absolute atomic E-state index is 12.5. The number of amides is 1. The van der Waals surface area contributed by atoms with Crippen molar-refractivity contribution in [2.24, 2.45) is 5.92 Å². The molecule has 23 heavy (non-hydrogen) atoms. The second-order valence-corrected chi connectivity index (χ2v) is 7.68. The Hall–Kier alpha value is -1.49. The van der Waals surface area contributed by atoms with Crippen LogP contribution in [-0.4, -0.2) is 28.3 Å². The van der Waals surface area contributed by atoms with E-state index in [4.69, 9.17) is 5.11 Å². The summed E-state index contributed by atoms with van der Waals surface area (Å²) < 4.78 is 0. The van der Waals surface area contributed by atoms with E-state index < -0.39 is 11.2 Å². The van der Waals surface area contributed by atoms with Crippen LogP contribution in [0, 0.1) is 5.92 Å². The van der Waals surface area contributed by atoms with Gasteiger partial charge in [-0.1, -0.05) is 38.8 Å². The molecule has 1 rings (SSSR count). The molecule has 0 heterocycles. The van der Waals surface area contributed by atoms with Gasteiger partial charge < -0.3 is 10.4 Å². The van der Waals surface area contributed by atoms with E-state index in [-0.39, 0.29) is 11.9 Å². The van der Waals surface area contributed by atoms with Crippen LogP contribution in [0.15, 0.2) is 29.2 Å². The molecule has 0 radical (unpaired) electrons. The lowest BCUT2D eigenvalue weighted by atomic mass is 10.0. The first kappa shape index (κ1) is 19.6. The fraction of sp³-hybridized carbons (Fsp3) is 0.556. The molecule has 0 bridgehead atoms. The van der Waals surface area contributed by atoms with Gasteiger partial charge in [0, 0.05) is 10.9 Å². The van der Waals surface area contributed by atoms with Crippen LogP contribution in [0.3, 0.4) is 0 Å².